The maximum Gasteiger partial charge on any atom is 0.407 e. The zero-order chi connectivity index (χ0) is 9.68. The summed E-state index contributed by atoms with van der Waals surface area (Å²) in [4.78, 5) is 23.6. The van der Waals surface area contributed by atoms with E-state index >= 15 is 0 Å². The lowest BCUT2D eigenvalue weighted by atomic mass is 10.3. The molecule has 1 heterocycles. The van der Waals surface area contributed by atoms with Gasteiger partial charge in [-0.15, -0.1) is 0 Å². The number of hydrogen-bond acceptors (Lipinski definition) is 3. The molecule has 1 atom stereocenters. The summed E-state index contributed by atoms with van der Waals surface area (Å²) in [5, 5.41) is 5.02. The zero-order valence-electron chi connectivity index (χ0n) is 6.59. The van der Waals surface area contributed by atoms with E-state index in [-0.39, 0.29) is 12.6 Å². The van der Waals surface area contributed by atoms with Gasteiger partial charge in [0.2, 0.25) is 0 Å². The number of hydrogen-bond donors (Lipinski definition) is 2. The molecule has 1 fully saturated rings. The van der Waals surface area contributed by atoms with E-state index in [1.165, 1.54) is 0 Å². The molecule has 2 amide bonds. The van der Waals surface area contributed by atoms with Crippen molar-refractivity contribution in [3.8, 4) is 10.8 Å². The molecule has 70 valence electrons. The molecule has 1 aliphatic heterocycles. The molecule has 2 N–H and O–H groups in total. The van der Waals surface area contributed by atoms with Gasteiger partial charge in [-0.25, -0.2) is 4.79 Å². The number of cyclic esters (lactones) is 1. The second-order valence-corrected chi connectivity index (χ2v) is 2.77. The van der Waals surface area contributed by atoms with E-state index in [4.69, 9.17) is 0 Å². The van der Waals surface area contributed by atoms with Gasteiger partial charge in [-0.2, -0.15) is 0 Å². The van der Waals surface area contributed by atoms with Crippen LogP contribution in [0.25, 0.3) is 0 Å². The number of nitrogens with one attached hydrogen (secondary N) is 2. The van der Waals surface area contributed by atoms with Crippen LogP contribution in [0.4, 0.5) is 4.79 Å². The fraction of sp³-hybridized carbons (Fsp3) is 0.429. The Morgan fingerprint density at radius 3 is 3.15 bits per heavy atom. The monoisotopic (exact) mass is 246 g/mol. The van der Waals surface area contributed by atoms with Crippen LogP contribution in [0.1, 0.15) is 0 Å². The number of carbonyl (C=O) groups is 2. The van der Waals surface area contributed by atoms with Crippen LogP contribution < -0.4 is 10.6 Å². The quantitative estimate of drug-likeness (QED) is 0.650. The first kappa shape index (κ1) is 9.86. The van der Waals surface area contributed by atoms with E-state index < -0.39 is 12.0 Å². The van der Waals surface area contributed by atoms with Crippen LogP contribution in [0.3, 0.4) is 0 Å². The minimum Gasteiger partial charge on any atom is -0.447 e. The molecule has 0 aromatic rings. The summed E-state index contributed by atoms with van der Waals surface area (Å²) in [7, 11) is 0. The van der Waals surface area contributed by atoms with Crippen LogP contribution in [0.15, 0.2) is 0 Å². The van der Waals surface area contributed by atoms with Crippen LogP contribution >= 0.6 is 15.9 Å². The molecule has 1 aliphatic rings. The summed E-state index contributed by atoms with van der Waals surface area (Å²) < 4.78 is 4.61. The molecule has 0 bridgehead atoms. The molecular weight excluding hydrogens is 240 g/mol. The Hall–Kier alpha value is -1.22. The molecule has 1 saturated heterocycles. The van der Waals surface area contributed by atoms with Gasteiger partial charge in [0.1, 0.15) is 6.61 Å². The number of amides is 2. The summed E-state index contributed by atoms with van der Waals surface area (Å²) in [6.07, 6.45) is -0.453. The Kier molecular flexibility index (Phi) is 3.58. The molecule has 1 rings (SSSR count). The van der Waals surface area contributed by atoms with Gasteiger partial charge in [0.15, 0.2) is 0 Å². The Labute approximate surface area is 83.3 Å². The normalized spacial score (nSPS) is 19.5. The minimum atomic E-state index is -0.453. The Bertz CT molecular complexity index is 281. The van der Waals surface area contributed by atoms with E-state index in [0.717, 1.165) is 0 Å². The number of alkyl carbamates (subject to hydrolysis) is 1. The average Bonchev–Trinajstić information content (AvgIpc) is 2.49. The molecule has 13 heavy (non-hydrogen) atoms. The Morgan fingerprint density at radius 2 is 2.62 bits per heavy atom. The second-order valence-electron chi connectivity index (χ2n) is 2.37. The molecule has 0 spiro atoms. The van der Waals surface area contributed by atoms with Crippen LogP contribution in [0, 0.1) is 10.8 Å². The molecule has 0 aliphatic carbocycles. The van der Waals surface area contributed by atoms with Crippen LogP contribution in [-0.4, -0.2) is 31.2 Å². The zero-order valence-corrected chi connectivity index (χ0v) is 8.18. The van der Waals surface area contributed by atoms with E-state index in [9.17, 15) is 9.59 Å². The molecule has 0 aromatic heterocycles. The predicted molar refractivity (Wildman–Crippen MR) is 48.0 cm³/mol. The number of ether oxygens (including phenoxy) is 1. The summed E-state index contributed by atoms with van der Waals surface area (Å²) in [6, 6.07) is -0.159. The molecular formula is C7H7BrN2O3. The summed E-state index contributed by atoms with van der Waals surface area (Å²) in [5.41, 5.74) is 0. The van der Waals surface area contributed by atoms with Gasteiger partial charge in [0.25, 0.3) is 5.91 Å². The van der Waals surface area contributed by atoms with Crippen LogP contribution in [-0.2, 0) is 9.53 Å². The standard InChI is InChI=1S/C7H7BrN2O3/c8-2-1-6(11)9-3-5-4-13-7(12)10-5/h5H,3-4H2,(H,9,11)(H,10,12). The third-order valence-corrected chi connectivity index (χ3v) is 1.61. The van der Waals surface area contributed by atoms with Crippen molar-refractivity contribution < 1.29 is 14.3 Å². The molecule has 0 saturated carbocycles. The maximum atomic E-state index is 10.8. The topological polar surface area (TPSA) is 67.4 Å². The number of halogens is 1. The fourth-order valence-corrected chi connectivity index (χ4v) is 1.02. The molecule has 0 radical (unpaired) electrons. The van der Waals surface area contributed by atoms with Crippen molar-refractivity contribution in [3.63, 3.8) is 0 Å². The lowest BCUT2D eigenvalue weighted by Crippen LogP contribution is -2.39. The first-order valence-corrected chi connectivity index (χ1v) is 4.34. The summed E-state index contributed by atoms with van der Waals surface area (Å²) >= 11 is 2.80. The highest BCUT2D eigenvalue weighted by Gasteiger charge is 2.21. The highest BCUT2D eigenvalue weighted by atomic mass is 79.9. The molecule has 1 unspecified atom stereocenters. The third-order valence-electron chi connectivity index (χ3n) is 1.41. The fourth-order valence-electron chi connectivity index (χ4n) is 0.839. The van der Waals surface area contributed by atoms with Gasteiger partial charge < -0.3 is 15.4 Å². The highest BCUT2D eigenvalue weighted by Crippen LogP contribution is 1.95. The SMILES string of the molecule is O=C(C#CBr)NCC1COC(=O)N1. The highest BCUT2D eigenvalue weighted by molar-refractivity contribution is 9.12. The first-order valence-electron chi connectivity index (χ1n) is 3.55. The van der Waals surface area contributed by atoms with Gasteiger partial charge in [-0.05, 0) is 4.83 Å². The van der Waals surface area contributed by atoms with Gasteiger partial charge in [0.05, 0.1) is 6.04 Å². The van der Waals surface area contributed by atoms with E-state index in [1.54, 1.807) is 0 Å². The van der Waals surface area contributed by atoms with E-state index in [2.05, 4.69) is 42.1 Å². The van der Waals surface area contributed by atoms with Gasteiger partial charge in [-0.1, -0.05) is 0 Å². The maximum absolute atomic E-state index is 10.8. The lowest BCUT2D eigenvalue weighted by Gasteiger charge is -2.05. The van der Waals surface area contributed by atoms with Crippen molar-refractivity contribution >= 4 is 27.9 Å². The van der Waals surface area contributed by atoms with E-state index in [1.807, 2.05) is 0 Å². The third kappa shape index (κ3) is 3.34. The summed E-state index contributed by atoms with van der Waals surface area (Å²) in [6.45, 7) is 0.604. The molecule has 5 nitrogen and oxygen atoms in total. The molecule has 6 heteroatoms. The van der Waals surface area contributed by atoms with Gasteiger partial charge >= 0.3 is 6.09 Å². The smallest absolute Gasteiger partial charge is 0.407 e. The minimum absolute atomic E-state index is 0.159. The lowest BCUT2D eigenvalue weighted by molar-refractivity contribution is -0.115. The predicted octanol–water partition coefficient (Wildman–Crippen LogP) is -0.433. The Morgan fingerprint density at radius 1 is 1.85 bits per heavy atom. The molecule has 0 aromatic carbocycles. The van der Waals surface area contributed by atoms with Crippen LogP contribution in [0.5, 0.6) is 0 Å². The van der Waals surface area contributed by atoms with Crippen molar-refractivity contribution in [1.82, 2.24) is 10.6 Å². The van der Waals surface area contributed by atoms with Gasteiger partial charge in [-0.3, -0.25) is 4.79 Å². The average molecular weight is 247 g/mol. The second kappa shape index (κ2) is 4.72. The number of rotatable bonds is 2. The van der Waals surface area contributed by atoms with Crippen molar-refractivity contribution in [3.05, 3.63) is 0 Å². The van der Waals surface area contributed by atoms with Crippen LogP contribution in [0.2, 0.25) is 0 Å². The van der Waals surface area contributed by atoms with Crippen molar-refractivity contribution in [1.29, 1.82) is 0 Å². The van der Waals surface area contributed by atoms with Crippen molar-refractivity contribution in [2.45, 2.75) is 6.04 Å². The largest absolute Gasteiger partial charge is 0.447 e. The van der Waals surface area contributed by atoms with E-state index in [0.29, 0.717) is 6.54 Å². The van der Waals surface area contributed by atoms with Crippen molar-refractivity contribution in [2.24, 2.45) is 0 Å². The van der Waals surface area contributed by atoms with Crippen molar-refractivity contribution in [2.75, 3.05) is 13.2 Å². The number of carbonyl (C=O) groups excluding carboxylic acids is 2. The summed E-state index contributed by atoms with van der Waals surface area (Å²) in [5.74, 6) is 1.85. The first-order chi connectivity index (χ1) is 6.22. The van der Waals surface area contributed by atoms with Gasteiger partial charge in [0, 0.05) is 28.4 Å². The Balaban J connectivity index is 2.22.